The van der Waals surface area contributed by atoms with Crippen molar-refractivity contribution >= 4 is 40.8 Å². The van der Waals surface area contributed by atoms with Crippen LogP contribution in [0.2, 0.25) is 5.02 Å². The second-order valence-corrected chi connectivity index (χ2v) is 7.67. The van der Waals surface area contributed by atoms with Gasteiger partial charge in [0.15, 0.2) is 5.82 Å². The minimum atomic E-state index is -0.608. The number of thiazole rings is 1. The number of aromatic nitrogens is 5. The number of aryl methyl sites for hydroxylation is 1. The molecule has 4 N–H and O–H groups in total. The number of hydrogen-bond donors (Lipinski definition) is 3. The van der Waals surface area contributed by atoms with Crippen LogP contribution in [0.25, 0.3) is 32.5 Å². The molecule has 11 heteroatoms. The average molecular weight is 442 g/mol. The van der Waals surface area contributed by atoms with E-state index in [4.69, 9.17) is 22.3 Å². The summed E-state index contributed by atoms with van der Waals surface area (Å²) in [6.45, 7) is 1.97. The van der Waals surface area contributed by atoms with Gasteiger partial charge in [0.1, 0.15) is 10.8 Å². The Kier molecular flexibility index (Phi) is 5.34. The summed E-state index contributed by atoms with van der Waals surface area (Å²) in [5, 5.41) is 10.5. The molecule has 0 unspecified atom stereocenters. The lowest BCUT2D eigenvalue weighted by atomic mass is 10.1. The predicted octanol–water partition coefficient (Wildman–Crippen LogP) is 4.38. The van der Waals surface area contributed by atoms with Gasteiger partial charge in [0.05, 0.1) is 22.7 Å². The summed E-state index contributed by atoms with van der Waals surface area (Å²) in [7, 11) is 1.28. The standard InChI is InChI=1S/C19H16ClN7O2S/c1-9-3-4-11(12(20)7-9)14-15(16-25-18(21)27-26-16)30-17(24-14)10-5-6-22-13(8-10)23-19(28)29-2/h3-8H,1-2H3,(H,22,23,28)(H3,21,25,26,27). The number of hydrogen-bond acceptors (Lipinski definition) is 8. The number of nitrogen functional groups attached to an aromatic ring is 1. The van der Waals surface area contributed by atoms with Crippen LogP contribution in [-0.2, 0) is 4.74 Å². The Balaban J connectivity index is 1.84. The lowest BCUT2D eigenvalue weighted by Gasteiger charge is -2.04. The molecule has 0 saturated heterocycles. The molecule has 30 heavy (non-hydrogen) atoms. The zero-order valence-corrected chi connectivity index (χ0v) is 17.5. The van der Waals surface area contributed by atoms with Crippen LogP contribution in [0, 0.1) is 6.92 Å². The number of carbonyl (C=O) groups is 1. The second-order valence-electron chi connectivity index (χ2n) is 6.27. The van der Waals surface area contributed by atoms with Crippen LogP contribution in [0.3, 0.4) is 0 Å². The molecular weight excluding hydrogens is 426 g/mol. The van der Waals surface area contributed by atoms with E-state index in [0.29, 0.717) is 27.4 Å². The summed E-state index contributed by atoms with van der Waals surface area (Å²) in [6.07, 6.45) is 0.968. The molecule has 3 aromatic heterocycles. The predicted molar refractivity (Wildman–Crippen MR) is 116 cm³/mol. The topological polar surface area (TPSA) is 132 Å². The number of nitrogens with two attached hydrogens (primary N) is 1. The molecule has 4 rings (SSSR count). The van der Waals surface area contributed by atoms with Gasteiger partial charge >= 0.3 is 6.09 Å². The molecular formula is C19H16ClN7O2S. The van der Waals surface area contributed by atoms with Gasteiger partial charge in [-0.3, -0.25) is 10.4 Å². The van der Waals surface area contributed by atoms with Crippen LogP contribution >= 0.6 is 22.9 Å². The van der Waals surface area contributed by atoms with E-state index in [1.54, 1.807) is 18.3 Å². The number of H-pyrrole nitrogens is 1. The minimum absolute atomic E-state index is 0.134. The van der Waals surface area contributed by atoms with Crippen molar-refractivity contribution in [2.75, 3.05) is 18.2 Å². The van der Waals surface area contributed by atoms with Gasteiger partial charge in [-0.1, -0.05) is 23.7 Å². The van der Waals surface area contributed by atoms with E-state index < -0.39 is 6.09 Å². The number of nitrogens with one attached hydrogen (secondary N) is 2. The number of pyridine rings is 1. The summed E-state index contributed by atoms with van der Waals surface area (Å²) in [6, 6.07) is 9.24. The number of carbonyl (C=O) groups excluding carboxylic acids is 1. The fourth-order valence-corrected chi connectivity index (χ4v) is 4.10. The SMILES string of the molecule is COC(=O)Nc1cc(-c2nc(-c3ccc(C)cc3Cl)c(-c3nc(N)n[nH]3)s2)ccn1. The van der Waals surface area contributed by atoms with Crippen molar-refractivity contribution in [1.82, 2.24) is 25.1 Å². The highest BCUT2D eigenvalue weighted by Gasteiger charge is 2.21. The Morgan fingerprint density at radius 1 is 1.27 bits per heavy atom. The van der Waals surface area contributed by atoms with E-state index in [1.807, 2.05) is 25.1 Å². The number of aromatic amines is 1. The molecule has 9 nitrogen and oxygen atoms in total. The maximum atomic E-state index is 11.5. The first kappa shape index (κ1) is 19.8. The minimum Gasteiger partial charge on any atom is -0.453 e. The van der Waals surface area contributed by atoms with Crippen molar-refractivity contribution in [2.24, 2.45) is 0 Å². The fraction of sp³-hybridized carbons (Fsp3) is 0.105. The highest BCUT2D eigenvalue weighted by Crippen LogP contribution is 2.41. The molecule has 1 amide bonds. The third-order valence-electron chi connectivity index (χ3n) is 4.15. The molecule has 0 fully saturated rings. The van der Waals surface area contributed by atoms with Crippen molar-refractivity contribution in [3.63, 3.8) is 0 Å². The van der Waals surface area contributed by atoms with Crippen LogP contribution in [-0.4, -0.2) is 38.4 Å². The van der Waals surface area contributed by atoms with Crippen molar-refractivity contribution < 1.29 is 9.53 Å². The lowest BCUT2D eigenvalue weighted by Crippen LogP contribution is -2.11. The van der Waals surface area contributed by atoms with Gasteiger partial charge in [0.25, 0.3) is 0 Å². The van der Waals surface area contributed by atoms with E-state index in [0.717, 1.165) is 21.6 Å². The van der Waals surface area contributed by atoms with Gasteiger partial charge in [0, 0.05) is 17.3 Å². The first-order valence-electron chi connectivity index (χ1n) is 8.71. The highest BCUT2D eigenvalue weighted by molar-refractivity contribution is 7.18. The Morgan fingerprint density at radius 2 is 2.10 bits per heavy atom. The number of methoxy groups -OCH3 is 1. The second kappa shape index (κ2) is 8.09. The quantitative estimate of drug-likeness (QED) is 0.428. The van der Waals surface area contributed by atoms with Gasteiger partial charge in [-0.25, -0.2) is 14.8 Å². The zero-order valence-electron chi connectivity index (χ0n) is 15.9. The van der Waals surface area contributed by atoms with Gasteiger partial charge in [-0.2, -0.15) is 4.98 Å². The summed E-state index contributed by atoms with van der Waals surface area (Å²) in [5.74, 6) is 0.967. The molecule has 0 atom stereocenters. The Labute approximate surface area is 180 Å². The molecule has 0 aliphatic rings. The van der Waals surface area contributed by atoms with Gasteiger partial charge in [-0.05, 0) is 30.7 Å². The number of amides is 1. The van der Waals surface area contributed by atoms with Crippen LogP contribution in [0.5, 0.6) is 0 Å². The first-order chi connectivity index (χ1) is 14.4. The van der Waals surface area contributed by atoms with E-state index >= 15 is 0 Å². The Morgan fingerprint density at radius 3 is 2.80 bits per heavy atom. The molecule has 0 saturated carbocycles. The van der Waals surface area contributed by atoms with Crippen molar-refractivity contribution in [2.45, 2.75) is 6.92 Å². The molecule has 1 aromatic carbocycles. The van der Waals surface area contributed by atoms with Crippen LogP contribution in [0.4, 0.5) is 16.6 Å². The van der Waals surface area contributed by atoms with E-state index in [9.17, 15) is 4.79 Å². The normalized spacial score (nSPS) is 10.8. The first-order valence-corrected chi connectivity index (χ1v) is 9.91. The monoisotopic (exact) mass is 441 g/mol. The van der Waals surface area contributed by atoms with Crippen LogP contribution in [0.1, 0.15) is 5.56 Å². The number of halogens is 1. The third-order valence-corrected chi connectivity index (χ3v) is 5.57. The Hall–Kier alpha value is -3.50. The maximum Gasteiger partial charge on any atom is 0.412 e. The van der Waals surface area contributed by atoms with Crippen molar-refractivity contribution in [3.8, 4) is 32.5 Å². The third kappa shape index (κ3) is 3.95. The Bertz CT molecular complexity index is 1240. The number of anilines is 2. The van der Waals surface area contributed by atoms with Gasteiger partial charge in [0.2, 0.25) is 5.95 Å². The molecule has 0 aliphatic carbocycles. The van der Waals surface area contributed by atoms with E-state index in [2.05, 4.69) is 30.2 Å². The van der Waals surface area contributed by atoms with Crippen molar-refractivity contribution in [1.29, 1.82) is 0 Å². The van der Waals surface area contributed by atoms with E-state index in [-0.39, 0.29) is 5.95 Å². The molecule has 0 spiro atoms. The van der Waals surface area contributed by atoms with Gasteiger partial charge in [-0.15, -0.1) is 16.4 Å². The summed E-state index contributed by atoms with van der Waals surface area (Å²) >= 11 is 7.89. The molecule has 152 valence electrons. The number of benzene rings is 1. The lowest BCUT2D eigenvalue weighted by molar-refractivity contribution is 0.187. The van der Waals surface area contributed by atoms with E-state index in [1.165, 1.54) is 18.4 Å². The number of nitrogens with zero attached hydrogens (tertiary/aromatic N) is 4. The summed E-state index contributed by atoms with van der Waals surface area (Å²) < 4.78 is 4.61. The molecule has 0 radical (unpaired) electrons. The summed E-state index contributed by atoms with van der Waals surface area (Å²) in [5.41, 5.74) is 8.90. The summed E-state index contributed by atoms with van der Waals surface area (Å²) in [4.78, 5) is 25.4. The molecule has 0 aliphatic heterocycles. The fourth-order valence-electron chi connectivity index (χ4n) is 2.76. The molecule has 3 heterocycles. The number of rotatable bonds is 4. The molecule has 0 bridgehead atoms. The van der Waals surface area contributed by atoms with Gasteiger partial charge < -0.3 is 10.5 Å². The maximum absolute atomic E-state index is 11.5. The average Bonchev–Trinajstić information content (AvgIpc) is 3.34. The number of ether oxygens (including phenoxy) is 1. The smallest absolute Gasteiger partial charge is 0.412 e. The molecule has 4 aromatic rings. The largest absolute Gasteiger partial charge is 0.453 e. The highest BCUT2D eigenvalue weighted by atomic mass is 35.5. The van der Waals surface area contributed by atoms with Crippen LogP contribution < -0.4 is 11.1 Å². The zero-order chi connectivity index (χ0) is 21.3. The van der Waals surface area contributed by atoms with Crippen LogP contribution in [0.15, 0.2) is 36.5 Å². The van der Waals surface area contributed by atoms with Crippen molar-refractivity contribution in [3.05, 3.63) is 47.1 Å².